The average molecular weight is 300 g/mol. The summed E-state index contributed by atoms with van der Waals surface area (Å²) < 4.78 is 37.6. The Kier molecular flexibility index (Phi) is 5.76. The normalized spacial score (nSPS) is 13.7. The highest BCUT2D eigenvalue weighted by molar-refractivity contribution is 6.35. The molecule has 0 heterocycles. The van der Waals surface area contributed by atoms with Crippen LogP contribution in [-0.4, -0.2) is 12.7 Å². The zero-order valence-electron chi connectivity index (χ0n) is 9.82. The van der Waals surface area contributed by atoms with Crippen molar-refractivity contribution in [2.45, 2.75) is 32.0 Å². The summed E-state index contributed by atoms with van der Waals surface area (Å²) in [7, 11) is 0. The van der Waals surface area contributed by atoms with Gasteiger partial charge in [0.1, 0.15) is 0 Å². The van der Waals surface area contributed by atoms with Gasteiger partial charge in [0.2, 0.25) is 0 Å². The van der Waals surface area contributed by atoms with Gasteiger partial charge in [0, 0.05) is 16.1 Å². The Morgan fingerprint density at radius 2 is 1.94 bits per heavy atom. The summed E-state index contributed by atoms with van der Waals surface area (Å²) in [4.78, 5) is 0. The zero-order valence-corrected chi connectivity index (χ0v) is 11.3. The lowest BCUT2D eigenvalue weighted by molar-refractivity contribution is -0.140. The molecule has 0 saturated carbocycles. The first kappa shape index (κ1) is 15.6. The molecule has 1 aromatic carbocycles. The van der Waals surface area contributed by atoms with Gasteiger partial charge in [-0.2, -0.15) is 13.2 Å². The minimum atomic E-state index is -4.24. The van der Waals surface area contributed by atoms with E-state index < -0.39 is 18.6 Å². The summed E-state index contributed by atoms with van der Waals surface area (Å²) in [5, 5.41) is 3.51. The predicted octanol–water partition coefficient (Wildman–Crippen LogP) is 4.99. The van der Waals surface area contributed by atoms with Crippen LogP contribution in [0, 0.1) is 0 Å². The van der Waals surface area contributed by atoms with Crippen molar-refractivity contribution in [3.63, 3.8) is 0 Å². The van der Waals surface area contributed by atoms with E-state index in [1.807, 2.05) is 6.92 Å². The molecule has 0 saturated heterocycles. The van der Waals surface area contributed by atoms with Crippen molar-refractivity contribution in [1.82, 2.24) is 5.32 Å². The van der Waals surface area contributed by atoms with Crippen LogP contribution in [0.2, 0.25) is 10.0 Å². The molecule has 6 heteroatoms. The summed E-state index contributed by atoms with van der Waals surface area (Å²) >= 11 is 11.7. The summed E-state index contributed by atoms with van der Waals surface area (Å²) in [6.07, 6.45) is -4.44. The van der Waals surface area contributed by atoms with Crippen molar-refractivity contribution in [1.29, 1.82) is 0 Å². The molecular weight excluding hydrogens is 286 g/mol. The molecule has 0 spiro atoms. The lowest BCUT2D eigenvalue weighted by Gasteiger charge is -2.21. The van der Waals surface area contributed by atoms with Crippen LogP contribution in [0.1, 0.15) is 31.4 Å². The van der Waals surface area contributed by atoms with Gasteiger partial charge in [0.25, 0.3) is 0 Å². The van der Waals surface area contributed by atoms with E-state index in [4.69, 9.17) is 23.2 Å². The van der Waals surface area contributed by atoms with Crippen LogP contribution in [0.25, 0.3) is 0 Å². The first-order valence-corrected chi connectivity index (χ1v) is 6.34. The van der Waals surface area contributed by atoms with Crippen LogP contribution >= 0.6 is 23.2 Å². The molecule has 0 radical (unpaired) electrons. The number of benzene rings is 1. The van der Waals surface area contributed by atoms with E-state index in [0.29, 0.717) is 17.1 Å². The second kappa shape index (κ2) is 6.64. The topological polar surface area (TPSA) is 12.0 Å². The fraction of sp³-hybridized carbons (Fsp3) is 0.500. The summed E-state index contributed by atoms with van der Waals surface area (Å²) in [6.45, 7) is 2.39. The van der Waals surface area contributed by atoms with Crippen LogP contribution in [0.3, 0.4) is 0 Å². The lowest BCUT2D eigenvalue weighted by Crippen LogP contribution is -2.27. The molecule has 0 aliphatic rings. The first-order valence-electron chi connectivity index (χ1n) is 5.58. The van der Waals surface area contributed by atoms with E-state index in [0.717, 1.165) is 6.42 Å². The fourth-order valence-electron chi connectivity index (χ4n) is 1.63. The molecule has 1 aromatic rings. The number of alkyl halides is 3. The second-order valence-corrected chi connectivity index (χ2v) is 4.84. The Morgan fingerprint density at radius 3 is 2.44 bits per heavy atom. The number of hydrogen-bond donors (Lipinski definition) is 1. The van der Waals surface area contributed by atoms with Gasteiger partial charge in [-0.1, -0.05) is 36.2 Å². The SMILES string of the molecule is CCCNC(CC(F)(F)F)c1ccc(Cl)cc1Cl. The van der Waals surface area contributed by atoms with Gasteiger partial charge in [-0.05, 0) is 30.7 Å². The molecule has 0 fully saturated rings. The van der Waals surface area contributed by atoms with Gasteiger partial charge in [-0.25, -0.2) is 0 Å². The standard InChI is InChI=1S/C12H14Cl2F3N/c1-2-5-18-11(7-12(15,16)17)9-4-3-8(13)6-10(9)14/h3-4,6,11,18H,2,5,7H2,1H3. The number of halogens is 5. The van der Waals surface area contributed by atoms with E-state index >= 15 is 0 Å². The van der Waals surface area contributed by atoms with Gasteiger partial charge in [0.05, 0.1) is 6.42 Å². The molecule has 1 rings (SSSR count). The largest absolute Gasteiger partial charge is 0.390 e. The maximum absolute atomic E-state index is 12.5. The molecule has 102 valence electrons. The maximum Gasteiger partial charge on any atom is 0.390 e. The smallest absolute Gasteiger partial charge is 0.310 e. The number of nitrogens with one attached hydrogen (secondary N) is 1. The molecule has 18 heavy (non-hydrogen) atoms. The number of hydrogen-bond acceptors (Lipinski definition) is 1. The Morgan fingerprint density at radius 1 is 1.28 bits per heavy atom. The highest BCUT2D eigenvalue weighted by atomic mass is 35.5. The van der Waals surface area contributed by atoms with E-state index in [2.05, 4.69) is 5.32 Å². The number of rotatable bonds is 5. The molecule has 1 atom stereocenters. The molecule has 0 aromatic heterocycles. The van der Waals surface area contributed by atoms with Crippen molar-refractivity contribution in [3.05, 3.63) is 33.8 Å². The van der Waals surface area contributed by atoms with E-state index in [9.17, 15) is 13.2 Å². The van der Waals surface area contributed by atoms with Crippen molar-refractivity contribution < 1.29 is 13.2 Å². The predicted molar refractivity (Wildman–Crippen MR) is 68.2 cm³/mol. The first-order chi connectivity index (χ1) is 8.33. The van der Waals surface area contributed by atoms with E-state index in [1.165, 1.54) is 12.1 Å². The summed E-state index contributed by atoms with van der Waals surface area (Å²) in [5.74, 6) is 0. The third-order valence-electron chi connectivity index (χ3n) is 2.41. The van der Waals surface area contributed by atoms with Gasteiger partial charge in [0.15, 0.2) is 0 Å². The lowest BCUT2D eigenvalue weighted by atomic mass is 10.0. The van der Waals surface area contributed by atoms with Crippen LogP contribution in [0.5, 0.6) is 0 Å². The Balaban J connectivity index is 2.93. The molecule has 0 amide bonds. The third kappa shape index (κ3) is 5.04. The highest BCUT2D eigenvalue weighted by Crippen LogP contribution is 2.33. The second-order valence-electron chi connectivity index (χ2n) is 3.99. The van der Waals surface area contributed by atoms with Crippen LogP contribution in [0.15, 0.2) is 18.2 Å². The molecule has 0 aliphatic carbocycles. The van der Waals surface area contributed by atoms with Crippen molar-refractivity contribution >= 4 is 23.2 Å². The Hall–Kier alpha value is -0.450. The Labute approximate surface area is 114 Å². The Bertz CT molecular complexity index is 393. The highest BCUT2D eigenvalue weighted by Gasteiger charge is 2.33. The molecule has 0 bridgehead atoms. The van der Waals surface area contributed by atoms with Gasteiger partial charge < -0.3 is 5.32 Å². The van der Waals surface area contributed by atoms with Crippen molar-refractivity contribution in [2.75, 3.05) is 6.54 Å². The van der Waals surface area contributed by atoms with E-state index in [1.54, 1.807) is 6.07 Å². The summed E-state index contributed by atoms with van der Waals surface area (Å²) in [6, 6.07) is 3.69. The van der Waals surface area contributed by atoms with Crippen LogP contribution in [0.4, 0.5) is 13.2 Å². The zero-order chi connectivity index (χ0) is 13.8. The van der Waals surface area contributed by atoms with Gasteiger partial charge in [-0.3, -0.25) is 0 Å². The fourth-order valence-corrected chi connectivity index (χ4v) is 2.17. The molecular formula is C12H14Cl2F3N. The monoisotopic (exact) mass is 299 g/mol. The van der Waals surface area contributed by atoms with Crippen molar-refractivity contribution in [3.8, 4) is 0 Å². The van der Waals surface area contributed by atoms with Crippen LogP contribution < -0.4 is 5.32 Å². The minimum Gasteiger partial charge on any atom is -0.310 e. The third-order valence-corrected chi connectivity index (χ3v) is 2.98. The molecule has 1 N–H and O–H groups in total. The van der Waals surface area contributed by atoms with Crippen LogP contribution in [-0.2, 0) is 0 Å². The molecule has 1 nitrogen and oxygen atoms in total. The maximum atomic E-state index is 12.5. The molecule has 0 aliphatic heterocycles. The van der Waals surface area contributed by atoms with Gasteiger partial charge in [-0.15, -0.1) is 0 Å². The quantitative estimate of drug-likeness (QED) is 0.808. The molecule has 1 unspecified atom stereocenters. The van der Waals surface area contributed by atoms with Gasteiger partial charge >= 0.3 is 6.18 Å². The summed E-state index contributed by atoms with van der Waals surface area (Å²) in [5.41, 5.74) is 0.423. The minimum absolute atomic E-state index is 0.250. The van der Waals surface area contributed by atoms with E-state index in [-0.39, 0.29) is 5.02 Å². The average Bonchev–Trinajstić information content (AvgIpc) is 2.23. The van der Waals surface area contributed by atoms with Crippen molar-refractivity contribution in [2.24, 2.45) is 0 Å².